The first-order valence-corrected chi connectivity index (χ1v) is 8.46. The predicted molar refractivity (Wildman–Crippen MR) is 68.7 cm³/mol. The van der Waals surface area contributed by atoms with E-state index in [4.69, 9.17) is 4.74 Å². The summed E-state index contributed by atoms with van der Waals surface area (Å²) in [7, 11) is -1.81. The quantitative estimate of drug-likeness (QED) is 0.730. The van der Waals surface area contributed by atoms with Crippen molar-refractivity contribution in [2.75, 3.05) is 0 Å². The van der Waals surface area contributed by atoms with Crippen LogP contribution < -0.4 is 5.19 Å². The fourth-order valence-electron chi connectivity index (χ4n) is 2.05. The molecule has 0 saturated carbocycles. The van der Waals surface area contributed by atoms with E-state index in [1.807, 2.05) is 32.0 Å². The summed E-state index contributed by atoms with van der Waals surface area (Å²) in [5, 5.41) is 1.29. The Hall–Kier alpha value is -1.09. The van der Waals surface area contributed by atoms with Crippen LogP contribution in [0.3, 0.4) is 0 Å². The highest BCUT2D eigenvalue weighted by molar-refractivity contribution is 6.91. The fraction of sp³-hybridized carbons (Fsp3) is 0.385. The highest BCUT2D eigenvalue weighted by atomic mass is 28.3. The van der Waals surface area contributed by atoms with Gasteiger partial charge in [0.25, 0.3) is 0 Å². The van der Waals surface area contributed by atoms with Gasteiger partial charge in [0.1, 0.15) is 13.8 Å². The molecule has 0 fully saturated rings. The Morgan fingerprint density at radius 3 is 2.25 bits per heavy atom. The molecule has 1 aromatic carbocycles. The Bertz CT molecular complexity index is 333. The molecule has 0 aliphatic heterocycles. The largest absolute Gasteiger partial charge is 0.457 e. The number of carbonyl (C=O) groups excluding carboxylic acids is 1. The number of rotatable bonds is 5. The lowest BCUT2D eigenvalue weighted by atomic mass is 10.2. The molecule has 1 aromatic rings. The summed E-state index contributed by atoms with van der Waals surface area (Å²) >= 11 is 0. The molecule has 2 radical (unpaired) electrons. The average molecular weight is 234 g/mol. The van der Waals surface area contributed by atoms with E-state index >= 15 is 0 Å². The van der Waals surface area contributed by atoms with E-state index in [1.54, 1.807) is 6.47 Å². The molecule has 2 nitrogen and oxygen atoms in total. The molecule has 1 atom stereocenters. The third kappa shape index (κ3) is 2.73. The minimum absolute atomic E-state index is 0.104. The number of hydrogen-bond donors (Lipinski definition) is 0. The van der Waals surface area contributed by atoms with Crippen molar-refractivity contribution in [3.05, 3.63) is 36.2 Å². The average Bonchev–Trinajstić information content (AvgIpc) is 2.26. The molecule has 0 aromatic heterocycles. The number of ether oxygens (including phenoxy) is 1. The Morgan fingerprint density at radius 1 is 1.25 bits per heavy atom. The summed E-state index contributed by atoms with van der Waals surface area (Å²) in [6, 6.07) is 10.3. The van der Waals surface area contributed by atoms with Gasteiger partial charge in [-0.05, 0) is 0 Å². The summed E-state index contributed by atoms with van der Waals surface area (Å²) in [6.45, 7) is 10.00. The highest BCUT2D eigenvalue weighted by Crippen LogP contribution is 2.20. The van der Waals surface area contributed by atoms with Crippen LogP contribution in [-0.4, -0.2) is 20.3 Å². The summed E-state index contributed by atoms with van der Waals surface area (Å²) < 4.78 is 5.14. The van der Waals surface area contributed by atoms with Crippen LogP contribution in [0, 0.1) is 5.92 Å². The standard InChI is InChI=1S/C13H18O2Si/c1-11(2)13(15-10-14)16(3,4)12-8-6-5-7-9-12/h5-9,13H,1-4H3. The number of benzene rings is 1. The molecule has 0 amide bonds. The van der Waals surface area contributed by atoms with Crippen LogP contribution in [0.2, 0.25) is 13.1 Å². The SMILES string of the molecule is C[C](C)C(O[C]=O)[Si](C)(C)c1ccccc1. The van der Waals surface area contributed by atoms with Gasteiger partial charge in [-0.25, -0.2) is 4.79 Å². The van der Waals surface area contributed by atoms with Crippen molar-refractivity contribution < 1.29 is 9.53 Å². The Kier molecular flexibility index (Phi) is 4.30. The van der Waals surface area contributed by atoms with E-state index < -0.39 is 8.07 Å². The second kappa shape index (κ2) is 5.30. The molecule has 0 heterocycles. The normalized spacial score (nSPS) is 13.6. The van der Waals surface area contributed by atoms with Crippen LogP contribution in [0.5, 0.6) is 0 Å². The summed E-state index contributed by atoms with van der Waals surface area (Å²) in [5.74, 6) is 1.13. The van der Waals surface area contributed by atoms with Crippen LogP contribution in [0.1, 0.15) is 13.8 Å². The third-order valence-electron chi connectivity index (χ3n) is 2.86. The molecule has 1 rings (SSSR count). The van der Waals surface area contributed by atoms with Crippen molar-refractivity contribution >= 4 is 19.7 Å². The van der Waals surface area contributed by atoms with E-state index in [0.717, 1.165) is 5.92 Å². The maximum absolute atomic E-state index is 10.5. The molecule has 0 saturated heterocycles. The van der Waals surface area contributed by atoms with Crippen LogP contribution in [0.15, 0.2) is 30.3 Å². The van der Waals surface area contributed by atoms with Gasteiger partial charge in [0.15, 0.2) is 0 Å². The van der Waals surface area contributed by atoms with Crippen molar-refractivity contribution in [3.8, 4) is 0 Å². The van der Waals surface area contributed by atoms with Gasteiger partial charge in [0, 0.05) is 5.92 Å². The van der Waals surface area contributed by atoms with Crippen LogP contribution in [0.25, 0.3) is 0 Å². The zero-order valence-corrected chi connectivity index (χ0v) is 11.3. The first kappa shape index (κ1) is 13.0. The Morgan fingerprint density at radius 2 is 1.81 bits per heavy atom. The van der Waals surface area contributed by atoms with E-state index in [-0.39, 0.29) is 5.73 Å². The maximum atomic E-state index is 10.5. The monoisotopic (exact) mass is 234 g/mol. The molecule has 0 N–H and O–H groups in total. The van der Waals surface area contributed by atoms with Crippen molar-refractivity contribution in [1.29, 1.82) is 0 Å². The Labute approximate surface area is 98.6 Å². The van der Waals surface area contributed by atoms with Crippen molar-refractivity contribution in [3.63, 3.8) is 0 Å². The second-order valence-corrected chi connectivity index (χ2v) is 9.29. The molecule has 0 aliphatic carbocycles. The zero-order chi connectivity index (χ0) is 12.2. The van der Waals surface area contributed by atoms with Crippen LogP contribution >= 0.6 is 0 Å². The lowest BCUT2D eigenvalue weighted by molar-refractivity contribution is 0.248. The smallest absolute Gasteiger partial charge is 0.417 e. The van der Waals surface area contributed by atoms with Gasteiger partial charge >= 0.3 is 6.47 Å². The van der Waals surface area contributed by atoms with Gasteiger partial charge in [0.05, 0.1) is 0 Å². The maximum Gasteiger partial charge on any atom is 0.417 e. The van der Waals surface area contributed by atoms with E-state index in [9.17, 15) is 4.79 Å². The minimum Gasteiger partial charge on any atom is -0.457 e. The zero-order valence-electron chi connectivity index (χ0n) is 10.3. The first-order valence-electron chi connectivity index (χ1n) is 5.38. The van der Waals surface area contributed by atoms with Crippen LogP contribution in [-0.2, 0) is 9.53 Å². The highest BCUT2D eigenvalue weighted by Gasteiger charge is 2.37. The molecule has 16 heavy (non-hydrogen) atoms. The lowest BCUT2D eigenvalue weighted by Crippen LogP contribution is -2.55. The fourth-order valence-corrected chi connectivity index (χ4v) is 5.19. The number of hydrogen-bond acceptors (Lipinski definition) is 2. The Balaban J connectivity index is 3.02. The summed E-state index contributed by atoms with van der Waals surface area (Å²) in [6.07, 6.45) is 0. The van der Waals surface area contributed by atoms with Crippen molar-refractivity contribution in [1.82, 2.24) is 0 Å². The van der Waals surface area contributed by atoms with Gasteiger partial charge in [-0.15, -0.1) is 0 Å². The van der Waals surface area contributed by atoms with Gasteiger partial charge in [-0.3, -0.25) is 0 Å². The van der Waals surface area contributed by atoms with Crippen molar-refractivity contribution in [2.45, 2.75) is 32.7 Å². The first-order chi connectivity index (χ1) is 7.50. The topological polar surface area (TPSA) is 26.3 Å². The van der Waals surface area contributed by atoms with E-state index in [2.05, 4.69) is 25.2 Å². The summed E-state index contributed by atoms with van der Waals surface area (Å²) in [4.78, 5) is 10.5. The van der Waals surface area contributed by atoms with Gasteiger partial charge in [0.2, 0.25) is 0 Å². The minimum atomic E-state index is -1.81. The molecule has 0 bridgehead atoms. The van der Waals surface area contributed by atoms with Gasteiger partial charge in [-0.2, -0.15) is 0 Å². The molecular formula is C13H18O2Si. The van der Waals surface area contributed by atoms with Gasteiger partial charge < -0.3 is 4.74 Å². The van der Waals surface area contributed by atoms with Crippen LogP contribution in [0.4, 0.5) is 0 Å². The molecule has 1 unspecified atom stereocenters. The van der Waals surface area contributed by atoms with E-state index in [1.165, 1.54) is 5.19 Å². The third-order valence-corrected chi connectivity index (χ3v) is 6.69. The predicted octanol–water partition coefficient (Wildman–Crippen LogP) is 2.21. The lowest BCUT2D eigenvalue weighted by Gasteiger charge is -2.33. The van der Waals surface area contributed by atoms with Gasteiger partial charge in [-0.1, -0.05) is 62.5 Å². The molecule has 3 heteroatoms. The van der Waals surface area contributed by atoms with Crippen molar-refractivity contribution in [2.24, 2.45) is 0 Å². The molecular weight excluding hydrogens is 216 g/mol. The molecule has 86 valence electrons. The summed E-state index contributed by atoms with van der Waals surface area (Å²) in [5.41, 5.74) is -0.104. The molecule has 0 aliphatic rings. The molecule has 0 spiro atoms. The van der Waals surface area contributed by atoms with E-state index in [0.29, 0.717) is 0 Å². The second-order valence-electron chi connectivity index (χ2n) is 4.75.